The Morgan fingerprint density at radius 3 is 2.35 bits per heavy atom. The summed E-state index contributed by atoms with van der Waals surface area (Å²) in [5.74, 6) is 1.06. The predicted octanol–water partition coefficient (Wildman–Crippen LogP) is 5.89. The van der Waals surface area contributed by atoms with Crippen LogP contribution in [0.3, 0.4) is 0 Å². The number of methoxy groups -OCH3 is 1. The van der Waals surface area contributed by atoms with Gasteiger partial charge in [-0.1, -0.05) is 59.1 Å². The van der Waals surface area contributed by atoms with Crippen molar-refractivity contribution in [3.05, 3.63) is 63.6 Å². The van der Waals surface area contributed by atoms with Crippen LogP contribution in [0.4, 0.5) is 11.4 Å². The van der Waals surface area contributed by atoms with Gasteiger partial charge in [0.1, 0.15) is 5.75 Å². The molecule has 3 rings (SSSR count). The van der Waals surface area contributed by atoms with Crippen LogP contribution in [0, 0.1) is 0 Å². The van der Waals surface area contributed by atoms with Crippen molar-refractivity contribution in [3.8, 4) is 5.75 Å². The first-order valence-electron chi connectivity index (χ1n) is 7.71. The molecule has 134 valence electrons. The molecule has 0 amide bonds. The maximum absolute atomic E-state index is 6.21. The minimum Gasteiger partial charge on any atom is -0.496 e. The quantitative estimate of drug-likeness (QED) is 0.334. The Morgan fingerprint density at radius 2 is 1.65 bits per heavy atom. The number of guanidine groups is 1. The molecule has 0 aliphatic rings. The van der Waals surface area contributed by atoms with Gasteiger partial charge in [-0.15, -0.1) is 0 Å². The molecule has 0 aliphatic carbocycles. The molecule has 0 unspecified atom stereocenters. The van der Waals surface area contributed by atoms with Crippen LogP contribution in [0.15, 0.2) is 53.5 Å². The second-order valence-corrected chi connectivity index (χ2v) is 6.72. The first kappa shape index (κ1) is 18.6. The molecule has 7 heteroatoms. The van der Waals surface area contributed by atoms with E-state index < -0.39 is 0 Å². The lowest BCUT2D eigenvalue weighted by Gasteiger charge is -2.21. The van der Waals surface area contributed by atoms with Gasteiger partial charge in [0, 0.05) is 17.8 Å². The number of aliphatic imine (C=N–C) groups is 1. The van der Waals surface area contributed by atoms with Gasteiger partial charge in [-0.2, -0.15) is 0 Å². The maximum Gasteiger partial charge on any atom is 0.200 e. The highest BCUT2D eigenvalue weighted by molar-refractivity contribution is 6.49. The van der Waals surface area contributed by atoms with Crippen molar-refractivity contribution in [2.45, 2.75) is 0 Å². The fourth-order valence-corrected chi connectivity index (χ4v) is 3.22. The van der Waals surface area contributed by atoms with Gasteiger partial charge in [0.05, 0.1) is 33.6 Å². The molecule has 0 radical (unpaired) electrons. The molecule has 0 aliphatic heterocycles. The first-order chi connectivity index (χ1) is 12.4. The summed E-state index contributed by atoms with van der Waals surface area (Å²) in [6.07, 6.45) is 0. The topological polar surface area (TPSA) is 50.9 Å². The standard InChI is InChI=1S/C19H16Cl3N3O/c1-25(19(23)24-14-8-7-13(20)17(21)18(14)22)15-9-10-16(26-2)12-6-4-3-5-11(12)15/h3-10H,1-2H3,(H2,23,24). The molecule has 0 spiro atoms. The highest BCUT2D eigenvalue weighted by Gasteiger charge is 2.14. The normalized spacial score (nSPS) is 11.7. The van der Waals surface area contributed by atoms with Gasteiger partial charge in [0.25, 0.3) is 0 Å². The van der Waals surface area contributed by atoms with Crippen molar-refractivity contribution in [2.24, 2.45) is 10.7 Å². The van der Waals surface area contributed by atoms with Gasteiger partial charge in [-0.3, -0.25) is 0 Å². The fourth-order valence-electron chi connectivity index (χ4n) is 2.65. The van der Waals surface area contributed by atoms with E-state index in [1.807, 2.05) is 43.4 Å². The molecule has 0 heterocycles. The van der Waals surface area contributed by atoms with Crippen LogP contribution in [0.25, 0.3) is 10.8 Å². The average molecular weight is 409 g/mol. The van der Waals surface area contributed by atoms with E-state index in [0.29, 0.717) is 10.7 Å². The maximum atomic E-state index is 6.21. The van der Waals surface area contributed by atoms with E-state index in [9.17, 15) is 0 Å². The number of anilines is 1. The van der Waals surface area contributed by atoms with Crippen LogP contribution < -0.4 is 15.4 Å². The molecule has 26 heavy (non-hydrogen) atoms. The Balaban J connectivity index is 2.06. The first-order valence-corrected chi connectivity index (χ1v) is 8.84. The molecule has 4 nitrogen and oxygen atoms in total. The molecule has 0 saturated heterocycles. The number of ether oxygens (including phenoxy) is 1. The number of fused-ring (bicyclic) bond motifs is 1. The molecule has 3 aromatic rings. The Kier molecular flexibility index (Phi) is 5.47. The van der Waals surface area contributed by atoms with Crippen molar-refractivity contribution < 1.29 is 4.74 Å². The lowest BCUT2D eigenvalue weighted by Crippen LogP contribution is -2.33. The van der Waals surface area contributed by atoms with Crippen molar-refractivity contribution in [2.75, 3.05) is 19.1 Å². The van der Waals surface area contributed by atoms with Gasteiger partial charge in [-0.25, -0.2) is 4.99 Å². The van der Waals surface area contributed by atoms with Crippen molar-refractivity contribution >= 4 is 62.9 Å². The van der Waals surface area contributed by atoms with Gasteiger partial charge in [0.2, 0.25) is 5.96 Å². The number of hydrogen-bond acceptors (Lipinski definition) is 2. The van der Waals surface area contributed by atoms with E-state index in [-0.39, 0.29) is 16.0 Å². The zero-order chi connectivity index (χ0) is 18.8. The molecule has 0 bridgehead atoms. The number of halogens is 3. The average Bonchev–Trinajstić information content (AvgIpc) is 2.67. The van der Waals surface area contributed by atoms with Crippen molar-refractivity contribution in [1.29, 1.82) is 0 Å². The van der Waals surface area contributed by atoms with Crippen LogP contribution in [0.1, 0.15) is 0 Å². The summed E-state index contributed by atoms with van der Waals surface area (Å²) >= 11 is 18.2. The summed E-state index contributed by atoms with van der Waals surface area (Å²) in [5, 5.41) is 2.85. The van der Waals surface area contributed by atoms with Crippen LogP contribution in [0.5, 0.6) is 5.75 Å². The monoisotopic (exact) mass is 407 g/mol. The van der Waals surface area contributed by atoms with E-state index >= 15 is 0 Å². The van der Waals surface area contributed by atoms with Crippen LogP contribution in [0.2, 0.25) is 15.1 Å². The zero-order valence-corrected chi connectivity index (χ0v) is 16.4. The number of rotatable bonds is 3. The zero-order valence-electron chi connectivity index (χ0n) is 14.1. The largest absolute Gasteiger partial charge is 0.496 e. The number of nitrogens with two attached hydrogens (primary N) is 1. The number of benzene rings is 3. The third kappa shape index (κ3) is 3.40. The van der Waals surface area contributed by atoms with E-state index in [1.165, 1.54) is 0 Å². The van der Waals surface area contributed by atoms with Crippen molar-refractivity contribution in [1.82, 2.24) is 0 Å². The molecule has 2 N–H and O–H groups in total. The molecule has 3 aromatic carbocycles. The highest BCUT2D eigenvalue weighted by atomic mass is 35.5. The summed E-state index contributed by atoms with van der Waals surface area (Å²) in [6, 6.07) is 15.0. The Bertz CT molecular complexity index is 1000. The van der Waals surface area contributed by atoms with Gasteiger partial charge in [-0.05, 0) is 24.3 Å². The van der Waals surface area contributed by atoms with E-state index in [2.05, 4.69) is 4.99 Å². The Labute approximate surface area is 166 Å². The summed E-state index contributed by atoms with van der Waals surface area (Å²) < 4.78 is 5.43. The van der Waals surface area contributed by atoms with Gasteiger partial charge in [0.15, 0.2) is 0 Å². The summed E-state index contributed by atoms with van der Waals surface area (Å²) in [4.78, 5) is 6.18. The third-order valence-electron chi connectivity index (χ3n) is 4.04. The number of hydrogen-bond donors (Lipinski definition) is 1. The minimum atomic E-state index is 0.250. The van der Waals surface area contributed by atoms with E-state index in [1.54, 1.807) is 24.1 Å². The SMILES string of the molecule is COc1ccc(N(C)C(N)=Nc2ccc(Cl)c(Cl)c2Cl)c2ccccc12. The highest BCUT2D eigenvalue weighted by Crippen LogP contribution is 2.38. The van der Waals surface area contributed by atoms with Crippen LogP contribution in [-0.4, -0.2) is 20.1 Å². The third-order valence-corrected chi connectivity index (χ3v) is 5.32. The van der Waals surface area contributed by atoms with Gasteiger partial charge >= 0.3 is 0 Å². The summed E-state index contributed by atoms with van der Waals surface area (Å²) in [6.45, 7) is 0. The fraction of sp³-hybridized carbons (Fsp3) is 0.105. The minimum absolute atomic E-state index is 0.250. The molecule has 0 saturated carbocycles. The second-order valence-electron chi connectivity index (χ2n) is 5.56. The van der Waals surface area contributed by atoms with Crippen molar-refractivity contribution in [3.63, 3.8) is 0 Å². The smallest absolute Gasteiger partial charge is 0.200 e. The van der Waals surface area contributed by atoms with Gasteiger partial charge < -0.3 is 15.4 Å². The van der Waals surface area contributed by atoms with E-state index in [0.717, 1.165) is 22.2 Å². The molecular formula is C19H16Cl3N3O. The predicted molar refractivity (Wildman–Crippen MR) is 112 cm³/mol. The lowest BCUT2D eigenvalue weighted by molar-refractivity contribution is 0.420. The van der Waals surface area contributed by atoms with Crippen LogP contribution >= 0.6 is 34.8 Å². The Morgan fingerprint density at radius 1 is 0.962 bits per heavy atom. The second kappa shape index (κ2) is 7.62. The Hall–Kier alpha value is -2.14. The summed E-state index contributed by atoms with van der Waals surface area (Å²) in [5.41, 5.74) is 7.55. The molecule has 0 fully saturated rings. The molecular weight excluding hydrogens is 393 g/mol. The lowest BCUT2D eigenvalue weighted by atomic mass is 10.1. The molecule has 0 aromatic heterocycles. The van der Waals surface area contributed by atoms with E-state index in [4.69, 9.17) is 45.3 Å². The number of nitrogens with zero attached hydrogens (tertiary/aromatic N) is 2. The molecule has 0 atom stereocenters. The summed E-state index contributed by atoms with van der Waals surface area (Å²) in [7, 11) is 3.48. The van der Waals surface area contributed by atoms with Crippen LogP contribution in [-0.2, 0) is 0 Å².